The molecule has 0 heterocycles. The fraction of sp³-hybridized carbons (Fsp3) is 0.0541. The van der Waals surface area contributed by atoms with Gasteiger partial charge in [0.2, 0.25) is 5.91 Å². The summed E-state index contributed by atoms with van der Waals surface area (Å²) in [4.78, 5) is 40.9. The first-order valence-corrected chi connectivity index (χ1v) is 16.0. The van der Waals surface area contributed by atoms with Crippen LogP contribution in [0.5, 0.6) is 5.75 Å². The fourth-order valence-corrected chi connectivity index (χ4v) is 6.06. The van der Waals surface area contributed by atoms with Crippen LogP contribution in [0.15, 0.2) is 138 Å². The number of benzene rings is 5. The van der Waals surface area contributed by atoms with E-state index in [2.05, 4.69) is 16.0 Å². The van der Waals surface area contributed by atoms with Gasteiger partial charge in [-0.1, -0.05) is 89.9 Å². The van der Waals surface area contributed by atoms with Gasteiger partial charge in [-0.2, -0.15) is 0 Å². The molecule has 0 aromatic heterocycles. The quantitative estimate of drug-likeness (QED) is 0.0956. The van der Waals surface area contributed by atoms with Crippen molar-refractivity contribution in [2.45, 2.75) is 10.1 Å². The predicted molar refractivity (Wildman–Crippen MR) is 190 cm³/mol. The molecule has 0 aliphatic carbocycles. The van der Waals surface area contributed by atoms with Gasteiger partial charge in [0.15, 0.2) is 0 Å². The summed E-state index contributed by atoms with van der Waals surface area (Å²) in [6.07, 6.45) is 1.44. The first-order chi connectivity index (χ1) is 22.8. The van der Waals surface area contributed by atoms with Crippen LogP contribution in [0, 0.1) is 0 Å². The second-order valence-electron chi connectivity index (χ2n) is 10.1. The van der Waals surface area contributed by atoms with Crippen LogP contribution in [-0.2, 0) is 9.59 Å². The Morgan fingerprint density at radius 1 is 0.723 bits per heavy atom. The average Bonchev–Trinajstić information content (AvgIpc) is 3.10. The molecule has 7 nitrogen and oxygen atoms in total. The number of carbonyl (C=O) groups is 3. The molecule has 47 heavy (non-hydrogen) atoms. The maximum Gasteiger partial charge on any atom is 0.272 e. The third-order valence-corrected chi connectivity index (χ3v) is 8.81. The summed E-state index contributed by atoms with van der Waals surface area (Å²) in [7, 11) is 1.55. The highest BCUT2D eigenvalue weighted by atomic mass is 35.5. The highest BCUT2D eigenvalue weighted by molar-refractivity contribution is 8.00. The molecule has 5 aromatic rings. The van der Waals surface area contributed by atoms with Crippen LogP contribution < -0.4 is 20.7 Å². The van der Waals surface area contributed by atoms with E-state index in [9.17, 15) is 14.4 Å². The molecular formula is C37H29Cl2N3O4S. The molecule has 3 N–H and O–H groups in total. The Hall–Kier alpha value is -5.02. The van der Waals surface area contributed by atoms with Gasteiger partial charge in [-0.3, -0.25) is 14.4 Å². The van der Waals surface area contributed by atoms with Crippen molar-refractivity contribution in [3.63, 3.8) is 0 Å². The van der Waals surface area contributed by atoms with Gasteiger partial charge in [0.1, 0.15) is 16.7 Å². The Morgan fingerprint density at radius 3 is 2.00 bits per heavy atom. The molecule has 5 rings (SSSR count). The number of hydrogen-bond donors (Lipinski definition) is 3. The predicted octanol–water partition coefficient (Wildman–Crippen LogP) is 8.88. The Kier molecular flexibility index (Phi) is 11.4. The highest BCUT2D eigenvalue weighted by Gasteiger charge is 2.23. The lowest BCUT2D eigenvalue weighted by molar-refractivity contribution is -0.116. The SMILES string of the molecule is COc1ccccc1NC(=O)C(Sc1ccc(NC(=O)/C(=C/c2c(Cl)cccc2Cl)NC(=O)c2ccccc2)cc1)c1ccccc1. The summed E-state index contributed by atoms with van der Waals surface area (Å²) in [6, 6.07) is 37.3. The van der Waals surface area contributed by atoms with Crippen molar-refractivity contribution in [2.24, 2.45) is 0 Å². The smallest absolute Gasteiger partial charge is 0.272 e. The van der Waals surface area contributed by atoms with E-state index < -0.39 is 17.1 Å². The summed E-state index contributed by atoms with van der Waals surface area (Å²) in [6.45, 7) is 0. The standard InChI is InChI=1S/C37H29Cl2N3O4S/c1-46-33-18-9-8-17-31(33)41-37(45)34(24-11-4-2-5-12-24)47-27-21-19-26(20-22-27)40-36(44)32(23-28-29(38)15-10-16-30(28)39)42-35(43)25-13-6-3-7-14-25/h2-23,34H,1H3,(H,40,44)(H,41,45)(H,42,43)/b32-23-. The molecule has 3 amide bonds. The van der Waals surface area contributed by atoms with Crippen LogP contribution in [-0.4, -0.2) is 24.8 Å². The van der Waals surface area contributed by atoms with E-state index in [4.69, 9.17) is 27.9 Å². The zero-order valence-electron chi connectivity index (χ0n) is 25.1. The molecule has 0 aliphatic rings. The first-order valence-electron chi connectivity index (χ1n) is 14.4. The lowest BCUT2D eigenvalue weighted by Crippen LogP contribution is -2.30. The molecule has 0 radical (unpaired) electrons. The maximum absolute atomic E-state index is 13.6. The number of hydrogen-bond acceptors (Lipinski definition) is 5. The van der Waals surface area contributed by atoms with Crippen molar-refractivity contribution in [3.05, 3.63) is 160 Å². The third-order valence-electron chi connectivity index (χ3n) is 6.89. The van der Waals surface area contributed by atoms with E-state index in [0.717, 1.165) is 10.5 Å². The van der Waals surface area contributed by atoms with Crippen LogP contribution in [0.2, 0.25) is 10.0 Å². The number of thioether (sulfide) groups is 1. The highest BCUT2D eigenvalue weighted by Crippen LogP contribution is 2.37. The molecule has 5 aromatic carbocycles. The normalized spacial score (nSPS) is 11.7. The lowest BCUT2D eigenvalue weighted by atomic mass is 10.1. The van der Waals surface area contributed by atoms with Crippen molar-refractivity contribution < 1.29 is 19.1 Å². The molecule has 0 saturated heterocycles. The summed E-state index contributed by atoms with van der Waals surface area (Å²) in [5.74, 6) is -0.711. The minimum absolute atomic E-state index is 0.0514. The number of methoxy groups -OCH3 is 1. The summed E-state index contributed by atoms with van der Waals surface area (Å²) < 4.78 is 5.40. The van der Waals surface area contributed by atoms with Gasteiger partial charge in [-0.05, 0) is 72.3 Å². The molecule has 10 heteroatoms. The minimum Gasteiger partial charge on any atom is -0.495 e. The molecule has 0 fully saturated rings. The van der Waals surface area contributed by atoms with Gasteiger partial charge in [0.25, 0.3) is 11.8 Å². The van der Waals surface area contributed by atoms with Crippen molar-refractivity contribution in [3.8, 4) is 5.75 Å². The van der Waals surface area contributed by atoms with Crippen molar-refractivity contribution in [2.75, 3.05) is 17.7 Å². The van der Waals surface area contributed by atoms with Crippen molar-refractivity contribution in [1.82, 2.24) is 5.32 Å². The van der Waals surface area contributed by atoms with E-state index in [1.807, 2.05) is 54.6 Å². The molecule has 1 atom stereocenters. The van der Waals surface area contributed by atoms with Crippen LogP contribution in [0.25, 0.3) is 6.08 Å². The van der Waals surface area contributed by atoms with E-state index in [1.54, 1.807) is 79.9 Å². The molecular weight excluding hydrogens is 653 g/mol. The summed E-state index contributed by atoms with van der Waals surface area (Å²) >= 11 is 14.1. The van der Waals surface area contributed by atoms with Crippen molar-refractivity contribution >= 4 is 70.1 Å². The number of halogens is 2. The van der Waals surface area contributed by atoms with Gasteiger partial charge in [-0.25, -0.2) is 0 Å². The summed E-state index contributed by atoms with van der Waals surface area (Å²) in [5.41, 5.74) is 2.58. The van der Waals surface area contributed by atoms with Crippen LogP contribution in [0.1, 0.15) is 26.7 Å². The second kappa shape index (κ2) is 16.0. The number of ether oxygens (including phenoxy) is 1. The third kappa shape index (κ3) is 8.83. The maximum atomic E-state index is 13.6. The van der Waals surface area contributed by atoms with Gasteiger partial charge in [0, 0.05) is 31.8 Å². The van der Waals surface area contributed by atoms with E-state index in [1.165, 1.54) is 17.8 Å². The molecule has 0 aliphatic heterocycles. The van der Waals surface area contributed by atoms with E-state index >= 15 is 0 Å². The second-order valence-corrected chi connectivity index (χ2v) is 12.1. The number of para-hydroxylation sites is 2. The number of carbonyl (C=O) groups excluding carboxylic acids is 3. The van der Waals surface area contributed by atoms with Gasteiger partial charge in [-0.15, -0.1) is 11.8 Å². The monoisotopic (exact) mass is 681 g/mol. The fourth-order valence-electron chi connectivity index (χ4n) is 4.53. The number of anilines is 2. The van der Waals surface area contributed by atoms with Crippen LogP contribution in [0.4, 0.5) is 11.4 Å². The van der Waals surface area contributed by atoms with Crippen LogP contribution >= 0.6 is 35.0 Å². The molecule has 236 valence electrons. The van der Waals surface area contributed by atoms with Gasteiger partial charge >= 0.3 is 0 Å². The zero-order valence-corrected chi connectivity index (χ0v) is 27.4. The largest absolute Gasteiger partial charge is 0.495 e. The van der Waals surface area contributed by atoms with E-state index in [-0.39, 0.29) is 11.6 Å². The Labute approximate surface area is 287 Å². The first kappa shape index (κ1) is 33.3. The average molecular weight is 683 g/mol. The summed E-state index contributed by atoms with van der Waals surface area (Å²) in [5, 5.41) is 8.56. The molecule has 0 saturated carbocycles. The number of amides is 3. The molecule has 0 bridgehead atoms. The lowest BCUT2D eigenvalue weighted by Gasteiger charge is -2.18. The Morgan fingerprint density at radius 2 is 1.34 bits per heavy atom. The van der Waals surface area contributed by atoms with Gasteiger partial charge < -0.3 is 20.7 Å². The van der Waals surface area contributed by atoms with Gasteiger partial charge in [0.05, 0.1) is 12.8 Å². The number of rotatable bonds is 11. The Bertz CT molecular complexity index is 1880. The molecule has 0 spiro atoms. The minimum atomic E-state index is -0.580. The number of nitrogens with one attached hydrogen (secondary N) is 3. The van der Waals surface area contributed by atoms with Crippen LogP contribution in [0.3, 0.4) is 0 Å². The topological polar surface area (TPSA) is 96.5 Å². The Balaban J connectivity index is 1.35. The van der Waals surface area contributed by atoms with Crippen molar-refractivity contribution in [1.29, 1.82) is 0 Å². The molecule has 1 unspecified atom stereocenters. The zero-order chi connectivity index (χ0) is 33.2. The van der Waals surface area contributed by atoms with E-state index in [0.29, 0.717) is 38.3 Å².